The Morgan fingerprint density at radius 3 is 2.74 bits per heavy atom. The van der Waals surface area contributed by atoms with Crippen LogP contribution in [0.2, 0.25) is 0 Å². The monoisotopic (exact) mass is 382 g/mol. The van der Waals surface area contributed by atoms with Crippen LogP contribution in [0.25, 0.3) is 15.7 Å². The maximum atomic E-state index is 12.5. The fraction of sp³-hybridized carbons (Fsp3) is 0.118. The molecule has 0 spiro atoms. The molecule has 4 aromatic rings. The van der Waals surface area contributed by atoms with Crippen molar-refractivity contribution >= 4 is 38.9 Å². The molecule has 0 aliphatic heterocycles. The van der Waals surface area contributed by atoms with Crippen molar-refractivity contribution in [2.24, 2.45) is 7.05 Å². The topological polar surface area (TPSA) is 110 Å². The van der Waals surface area contributed by atoms with E-state index in [9.17, 15) is 14.4 Å². The largest absolute Gasteiger partial charge is 0.297 e. The number of fused-ring (bicyclic) bond motifs is 2. The molecule has 0 bridgehead atoms. The van der Waals surface area contributed by atoms with Crippen LogP contribution in [0.3, 0.4) is 0 Å². The number of nitrogens with one attached hydrogen (secondary N) is 2. The van der Waals surface area contributed by atoms with Crippen molar-refractivity contribution in [2.45, 2.75) is 6.42 Å². The summed E-state index contributed by atoms with van der Waals surface area (Å²) in [5.41, 5.74) is 5.04. The average Bonchev–Trinajstić information content (AvgIpc) is 3.24. The minimum atomic E-state index is -0.610. The molecule has 0 atom stereocenters. The second-order valence-corrected chi connectivity index (χ2v) is 6.70. The molecule has 0 aliphatic carbocycles. The Morgan fingerprint density at radius 2 is 1.96 bits per heavy atom. The highest BCUT2D eigenvalue weighted by molar-refractivity contribution is 7.15. The second kappa shape index (κ2) is 6.65. The van der Waals surface area contributed by atoms with Gasteiger partial charge in [-0.15, -0.1) is 11.3 Å². The molecule has 10 heteroatoms. The van der Waals surface area contributed by atoms with E-state index in [1.54, 1.807) is 30.5 Å². The number of hydrogen-bond acceptors (Lipinski definition) is 6. The van der Waals surface area contributed by atoms with Crippen LogP contribution < -0.4 is 16.4 Å². The summed E-state index contributed by atoms with van der Waals surface area (Å²) in [6, 6.07) is 6.68. The fourth-order valence-electron chi connectivity index (χ4n) is 2.72. The van der Waals surface area contributed by atoms with Crippen molar-refractivity contribution in [1.29, 1.82) is 0 Å². The number of hydrazine groups is 1. The molecule has 1 aromatic carbocycles. The third-order valence-electron chi connectivity index (χ3n) is 3.97. The van der Waals surface area contributed by atoms with Gasteiger partial charge in [0, 0.05) is 30.2 Å². The van der Waals surface area contributed by atoms with Crippen molar-refractivity contribution in [1.82, 2.24) is 30.0 Å². The number of carbonyl (C=O) groups is 2. The highest BCUT2D eigenvalue weighted by atomic mass is 32.1. The molecule has 4 rings (SSSR count). The number of carbonyl (C=O) groups excluding carboxylic acids is 2. The molecule has 3 heterocycles. The van der Waals surface area contributed by atoms with Gasteiger partial charge in [-0.25, -0.2) is 9.67 Å². The number of benzene rings is 1. The quantitative estimate of drug-likeness (QED) is 0.506. The summed E-state index contributed by atoms with van der Waals surface area (Å²) in [5.74, 6) is -1.02. The number of rotatable bonds is 3. The van der Waals surface area contributed by atoms with E-state index in [0.717, 1.165) is 9.64 Å². The van der Waals surface area contributed by atoms with Crippen molar-refractivity contribution in [2.75, 3.05) is 0 Å². The lowest BCUT2D eigenvalue weighted by Gasteiger charge is -2.09. The van der Waals surface area contributed by atoms with Crippen LogP contribution in [0.1, 0.15) is 16.2 Å². The molecular formula is C17H14N6O3S. The summed E-state index contributed by atoms with van der Waals surface area (Å²) in [6.45, 7) is 0. The van der Waals surface area contributed by atoms with E-state index in [2.05, 4.69) is 20.9 Å². The summed E-state index contributed by atoms with van der Waals surface area (Å²) in [7, 11) is 1.47. The normalized spacial score (nSPS) is 11.0. The highest BCUT2D eigenvalue weighted by Crippen LogP contribution is 2.13. The van der Waals surface area contributed by atoms with E-state index in [4.69, 9.17) is 0 Å². The van der Waals surface area contributed by atoms with Gasteiger partial charge in [0.05, 0.1) is 17.5 Å². The van der Waals surface area contributed by atoms with Gasteiger partial charge >= 0.3 is 0 Å². The Bertz CT molecular complexity index is 1210. The molecule has 3 aromatic heterocycles. The summed E-state index contributed by atoms with van der Waals surface area (Å²) in [4.78, 5) is 41.8. The fourth-order valence-corrected chi connectivity index (χ4v) is 3.44. The molecule has 9 nitrogen and oxygen atoms in total. The van der Waals surface area contributed by atoms with Crippen molar-refractivity contribution in [3.05, 3.63) is 63.8 Å². The van der Waals surface area contributed by atoms with Gasteiger partial charge in [-0.2, -0.15) is 5.10 Å². The van der Waals surface area contributed by atoms with Gasteiger partial charge in [0.2, 0.25) is 5.91 Å². The van der Waals surface area contributed by atoms with Crippen LogP contribution in [0.4, 0.5) is 0 Å². The van der Waals surface area contributed by atoms with E-state index in [0.29, 0.717) is 16.5 Å². The molecule has 0 unspecified atom stereocenters. The summed E-state index contributed by atoms with van der Waals surface area (Å²) < 4.78 is 2.92. The first-order valence-corrected chi connectivity index (χ1v) is 8.87. The lowest BCUT2D eigenvalue weighted by Crippen LogP contribution is -2.43. The minimum Gasteiger partial charge on any atom is -0.297 e. The van der Waals surface area contributed by atoms with Crippen LogP contribution in [-0.2, 0) is 18.3 Å². The Morgan fingerprint density at radius 1 is 1.19 bits per heavy atom. The van der Waals surface area contributed by atoms with Crippen LogP contribution in [0.15, 0.2) is 46.8 Å². The smallest absolute Gasteiger partial charge is 0.290 e. The standard InChI is InChI=1S/C17H14N6O3S/c1-22-16(26)12-5-3-2-4-11(12)14(21-22)15(25)20-19-13(24)8-10-9-23-6-7-27-17(23)18-10/h2-7,9H,8H2,1H3,(H,19,24)(H,20,25). The Balaban J connectivity index is 1.48. The van der Waals surface area contributed by atoms with E-state index >= 15 is 0 Å². The van der Waals surface area contributed by atoms with Gasteiger partial charge in [0.1, 0.15) is 0 Å². The van der Waals surface area contributed by atoms with Gasteiger partial charge < -0.3 is 0 Å². The molecule has 0 saturated carbocycles. The Hall–Kier alpha value is -3.53. The lowest BCUT2D eigenvalue weighted by molar-refractivity contribution is -0.121. The van der Waals surface area contributed by atoms with Crippen molar-refractivity contribution < 1.29 is 9.59 Å². The molecule has 2 N–H and O–H groups in total. The van der Waals surface area contributed by atoms with E-state index in [-0.39, 0.29) is 17.7 Å². The van der Waals surface area contributed by atoms with Gasteiger partial charge in [-0.1, -0.05) is 18.2 Å². The number of amides is 2. The zero-order valence-corrected chi connectivity index (χ0v) is 15.0. The zero-order chi connectivity index (χ0) is 19.0. The van der Waals surface area contributed by atoms with E-state index in [1.165, 1.54) is 18.4 Å². The summed E-state index contributed by atoms with van der Waals surface area (Å²) >= 11 is 1.47. The van der Waals surface area contributed by atoms with Gasteiger partial charge in [-0.3, -0.25) is 29.6 Å². The number of nitrogens with zero attached hydrogens (tertiary/aromatic N) is 4. The molecule has 136 valence electrons. The number of hydrogen-bond donors (Lipinski definition) is 2. The van der Waals surface area contributed by atoms with Crippen LogP contribution in [-0.4, -0.2) is 31.0 Å². The molecule has 0 aliphatic rings. The van der Waals surface area contributed by atoms with Gasteiger partial charge in [-0.05, 0) is 6.07 Å². The SMILES string of the molecule is Cn1nc(C(=O)NNC(=O)Cc2cn3ccsc3n2)c2ccccc2c1=O. The van der Waals surface area contributed by atoms with Crippen molar-refractivity contribution in [3.8, 4) is 0 Å². The molecule has 27 heavy (non-hydrogen) atoms. The first-order valence-electron chi connectivity index (χ1n) is 7.99. The molecule has 0 fully saturated rings. The summed E-state index contributed by atoms with van der Waals surface area (Å²) in [5, 5.41) is 6.71. The average molecular weight is 382 g/mol. The first-order chi connectivity index (χ1) is 13.0. The number of aryl methyl sites for hydroxylation is 1. The lowest BCUT2D eigenvalue weighted by atomic mass is 10.1. The highest BCUT2D eigenvalue weighted by Gasteiger charge is 2.16. The van der Waals surface area contributed by atoms with Crippen molar-refractivity contribution in [3.63, 3.8) is 0 Å². The minimum absolute atomic E-state index is 0.0239. The number of imidazole rings is 1. The zero-order valence-electron chi connectivity index (χ0n) is 14.2. The van der Waals surface area contributed by atoms with E-state index < -0.39 is 11.8 Å². The van der Waals surface area contributed by atoms with Gasteiger partial charge in [0.15, 0.2) is 10.7 Å². The molecule has 2 amide bonds. The number of thiazole rings is 1. The maximum Gasteiger partial charge on any atom is 0.290 e. The second-order valence-electron chi connectivity index (χ2n) is 5.83. The molecular weight excluding hydrogens is 368 g/mol. The Kier molecular flexibility index (Phi) is 4.16. The predicted molar refractivity (Wildman–Crippen MR) is 99.4 cm³/mol. The van der Waals surface area contributed by atoms with Crippen LogP contribution in [0, 0.1) is 0 Å². The van der Waals surface area contributed by atoms with E-state index in [1.807, 2.05) is 16.0 Å². The Labute approximate surface area is 156 Å². The molecule has 0 radical (unpaired) electrons. The summed E-state index contributed by atoms with van der Waals surface area (Å²) in [6.07, 6.45) is 3.64. The molecule has 0 saturated heterocycles. The van der Waals surface area contributed by atoms with Gasteiger partial charge in [0.25, 0.3) is 11.5 Å². The van der Waals surface area contributed by atoms with Crippen LogP contribution >= 0.6 is 11.3 Å². The predicted octanol–water partition coefficient (Wildman–Crippen LogP) is 0.646. The van der Waals surface area contributed by atoms with Crippen LogP contribution in [0.5, 0.6) is 0 Å². The first kappa shape index (κ1) is 16.9. The number of aromatic nitrogens is 4. The third kappa shape index (κ3) is 3.17. The maximum absolute atomic E-state index is 12.5. The third-order valence-corrected chi connectivity index (χ3v) is 4.74.